The number of guanidine groups is 1. The molecule has 0 amide bonds. The van der Waals surface area contributed by atoms with Crippen molar-refractivity contribution in [3.63, 3.8) is 0 Å². The van der Waals surface area contributed by atoms with Gasteiger partial charge in [-0.1, -0.05) is 32.0 Å². The van der Waals surface area contributed by atoms with Gasteiger partial charge in [0, 0.05) is 31.2 Å². The summed E-state index contributed by atoms with van der Waals surface area (Å²) in [6.45, 7) is 5.91. The highest BCUT2D eigenvalue weighted by Crippen LogP contribution is 2.22. The van der Waals surface area contributed by atoms with Crippen LogP contribution in [0.25, 0.3) is 0 Å². The number of hydrogen-bond donors (Lipinski definition) is 2. The van der Waals surface area contributed by atoms with Crippen molar-refractivity contribution < 1.29 is 0 Å². The van der Waals surface area contributed by atoms with Crippen LogP contribution in [0.5, 0.6) is 0 Å². The van der Waals surface area contributed by atoms with Crippen molar-refractivity contribution in [1.82, 2.24) is 9.55 Å². The summed E-state index contributed by atoms with van der Waals surface area (Å²) < 4.78 is 2.04. The summed E-state index contributed by atoms with van der Waals surface area (Å²) in [6.07, 6.45) is 8.45. The summed E-state index contributed by atoms with van der Waals surface area (Å²) in [7, 11) is 0. The molecule has 1 aromatic heterocycles. The van der Waals surface area contributed by atoms with Crippen molar-refractivity contribution in [2.24, 2.45) is 10.7 Å². The molecule has 0 spiro atoms. The van der Waals surface area contributed by atoms with E-state index in [9.17, 15) is 0 Å². The molecule has 0 aliphatic carbocycles. The molecule has 0 bridgehead atoms. The Labute approximate surface area is 132 Å². The smallest absolute Gasteiger partial charge is 0.193 e. The number of aryl methyl sites for hydroxylation is 3. The van der Waals surface area contributed by atoms with E-state index in [4.69, 9.17) is 5.73 Å². The number of nitrogens with two attached hydrogens (primary N) is 1. The average Bonchev–Trinajstić information content (AvgIpc) is 3.05. The molecular weight excluding hydrogens is 274 g/mol. The largest absolute Gasteiger partial charge is 0.370 e. The van der Waals surface area contributed by atoms with E-state index in [1.54, 1.807) is 6.20 Å². The standard InChI is InChI=1S/C17H25N5/c1-3-14-7-5-8-15(4-2)16(14)21-17(18)20-9-6-11-22-12-10-19-13-22/h5,7-8,10,12-13H,3-4,6,9,11H2,1-2H3,(H3,18,20,21). The zero-order chi connectivity index (χ0) is 15.8. The van der Waals surface area contributed by atoms with Gasteiger partial charge in [-0.3, -0.25) is 4.99 Å². The van der Waals surface area contributed by atoms with Crippen molar-refractivity contribution >= 4 is 11.6 Å². The van der Waals surface area contributed by atoms with Gasteiger partial charge in [-0.05, 0) is 30.4 Å². The van der Waals surface area contributed by atoms with Gasteiger partial charge in [0.05, 0.1) is 6.33 Å². The van der Waals surface area contributed by atoms with Gasteiger partial charge >= 0.3 is 0 Å². The van der Waals surface area contributed by atoms with E-state index in [1.165, 1.54) is 11.1 Å². The summed E-state index contributed by atoms with van der Waals surface area (Å²) in [5.74, 6) is 0.487. The van der Waals surface area contributed by atoms with E-state index < -0.39 is 0 Å². The van der Waals surface area contributed by atoms with Crippen LogP contribution in [-0.4, -0.2) is 22.1 Å². The Balaban J connectivity index is 1.93. The Morgan fingerprint density at radius 3 is 2.59 bits per heavy atom. The Hall–Kier alpha value is -2.30. The predicted molar refractivity (Wildman–Crippen MR) is 92.2 cm³/mol. The number of nitrogens with zero attached hydrogens (tertiary/aromatic N) is 3. The third-order valence-electron chi connectivity index (χ3n) is 3.67. The van der Waals surface area contributed by atoms with Crippen LogP contribution in [0.4, 0.5) is 5.69 Å². The number of imidazole rings is 1. The zero-order valence-corrected chi connectivity index (χ0v) is 13.4. The molecule has 0 fully saturated rings. The topological polar surface area (TPSA) is 68.2 Å². The highest BCUT2D eigenvalue weighted by Gasteiger charge is 2.06. The molecule has 0 aliphatic heterocycles. The van der Waals surface area contributed by atoms with Crippen LogP contribution in [-0.2, 0) is 19.4 Å². The Kier molecular flexibility index (Phi) is 6.01. The van der Waals surface area contributed by atoms with Gasteiger partial charge in [-0.15, -0.1) is 0 Å². The maximum atomic E-state index is 6.03. The van der Waals surface area contributed by atoms with Crippen LogP contribution >= 0.6 is 0 Å². The average molecular weight is 299 g/mol. The van der Waals surface area contributed by atoms with Gasteiger partial charge in [0.1, 0.15) is 0 Å². The van der Waals surface area contributed by atoms with E-state index >= 15 is 0 Å². The summed E-state index contributed by atoms with van der Waals surface area (Å²) in [5.41, 5.74) is 9.69. The molecule has 0 atom stereocenters. The first-order chi connectivity index (χ1) is 10.7. The van der Waals surface area contributed by atoms with Crippen molar-refractivity contribution in [3.05, 3.63) is 48.0 Å². The van der Waals surface area contributed by atoms with Crippen LogP contribution in [0.15, 0.2) is 41.9 Å². The Bertz CT molecular complexity index is 579. The molecule has 0 radical (unpaired) electrons. The van der Waals surface area contributed by atoms with Gasteiger partial charge < -0.3 is 15.6 Å². The fraction of sp³-hybridized carbons (Fsp3) is 0.412. The number of benzene rings is 1. The second-order valence-corrected chi connectivity index (χ2v) is 5.20. The molecule has 0 aliphatic rings. The van der Waals surface area contributed by atoms with Crippen LogP contribution in [0.3, 0.4) is 0 Å². The fourth-order valence-electron chi connectivity index (χ4n) is 2.44. The van der Waals surface area contributed by atoms with Gasteiger partial charge in [0.25, 0.3) is 0 Å². The van der Waals surface area contributed by atoms with Gasteiger partial charge in [0.15, 0.2) is 5.96 Å². The van der Waals surface area contributed by atoms with Gasteiger partial charge in [-0.25, -0.2) is 4.98 Å². The van der Waals surface area contributed by atoms with E-state index in [-0.39, 0.29) is 0 Å². The monoisotopic (exact) mass is 299 g/mol. The predicted octanol–water partition coefficient (Wildman–Crippen LogP) is 2.82. The van der Waals surface area contributed by atoms with E-state index in [0.29, 0.717) is 12.5 Å². The van der Waals surface area contributed by atoms with Gasteiger partial charge in [0.2, 0.25) is 0 Å². The molecule has 2 rings (SSSR count). The summed E-state index contributed by atoms with van der Waals surface area (Å²) in [5, 5.41) is 3.28. The van der Waals surface area contributed by atoms with Crippen molar-refractivity contribution in [2.45, 2.75) is 39.7 Å². The number of anilines is 1. The highest BCUT2D eigenvalue weighted by atomic mass is 15.1. The maximum absolute atomic E-state index is 6.03. The van der Waals surface area contributed by atoms with E-state index in [2.05, 4.69) is 47.3 Å². The fourth-order valence-corrected chi connectivity index (χ4v) is 2.44. The lowest BCUT2D eigenvalue weighted by Gasteiger charge is -2.14. The molecule has 5 heteroatoms. The first-order valence-electron chi connectivity index (χ1n) is 7.88. The molecule has 3 N–H and O–H groups in total. The number of hydrogen-bond acceptors (Lipinski definition) is 2. The summed E-state index contributed by atoms with van der Waals surface area (Å²) >= 11 is 0. The number of para-hydroxylation sites is 1. The van der Waals surface area contributed by atoms with Crippen molar-refractivity contribution in [1.29, 1.82) is 0 Å². The first-order valence-corrected chi connectivity index (χ1v) is 7.88. The lowest BCUT2D eigenvalue weighted by molar-refractivity contribution is 0.650. The quantitative estimate of drug-likeness (QED) is 0.469. The molecule has 0 saturated heterocycles. The van der Waals surface area contributed by atoms with Gasteiger partial charge in [-0.2, -0.15) is 0 Å². The van der Waals surface area contributed by atoms with Crippen LogP contribution in [0.2, 0.25) is 0 Å². The maximum Gasteiger partial charge on any atom is 0.193 e. The number of aliphatic imine (C=N–C) groups is 1. The SMILES string of the molecule is CCc1cccc(CC)c1NC(N)=NCCCn1ccnc1. The minimum atomic E-state index is 0.487. The molecule has 2 aromatic rings. The van der Waals surface area contributed by atoms with Crippen LogP contribution < -0.4 is 11.1 Å². The van der Waals surface area contributed by atoms with E-state index in [0.717, 1.165) is 31.5 Å². The van der Waals surface area contributed by atoms with Crippen LogP contribution in [0, 0.1) is 0 Å². The molecule has 5 nitrogen and oxygen atoms in total. The molecule has 0 saturated carbocycles. The Morgan fingerprint density at radius 2 is 2.00 bits per heavy atom. The van der Waals surface area contributed by atoms with Crippen LogP contribution in [0.1, 0.15) is 31.4 Å². The first kappa shape index (κ1) is 16.1. The third kappa shape index (κ3) is 4.35. The summed E-state index contributed by atoms with van der Waals surface area (Å²) in [6, 6.07) is 6.36. The Morgan fingerprint density at radius 1 is 1.27 bits per heavy atom. The molecule has 118 valence electrons. The molecule has 22 heavy (non-hydrogen) atoms. The minimum Gasteiger partial charge on any atom is -0.370 e. The second-order valence-electron chi connectivity index (χ2n) is 5.20. The molecular formula is C17H25N5. The van der Waals surface area contributed by atoms with Crippen molar-refractivity contribution in [3.8, 4) is 0 Å². The molecule has 0 unspecified atom stereocenters. The highest BCUT2D eigenvalue weighted by molar-refractivity contribution is 5.93. The van der Waals surface area contributed by atoms with E-state index in [1.807, 2.05) is 17.1 Å². The normalized spacial score (nSPS) is 11.6. The third-order valence-corrected chi connectivity index (χ3v) is 3.67. The number of rotatable bonds is 7. The number of aromatic nitrogens is 2. The zero-order valence-electron chi connectivity index (χ0n) is 13.4. The number of nitrogens with one attached hydrogen (secondary N) is 1. The lowest BCUT2D eigenvalue weighted by Crippen LogP contribution is -2.24. The molecule has 1 heterocycles. The lowest BCUT2D eigenvalue weighted by atomic mass is 10.0. The molecule has 1 aromatic carbocycles. The van der Waals surface area contributed by atoms with Crippen molar-refractivity contribution in [2.75, 3.05) is 11.9 Å². The minimum absolute atomic E-state index is 0.487. The summed E-state index contributed by atoms with van der Waals surface area (Å²) in [4.78, 5) is 8.44. The second kappa shape index (κ2) is 8.22.